The number of aromatic nitrogens is 3. The topological polar surface area (TPSA) is 85.2 Å². The van der Waals surface area contributed by atoms with Crippen LogP contribution in [-0.4, -0.2) is 53.0 Å². The Morgan fingerprint density at radius 1 is 1.18 bits per heavy atom. The fourth-order valence-corrected chi connectivity index (χ4v) is 3.25. The second-order valence-electron chi connectivity index (χ2n) is 5.21. The summed E-state index contributed by atoms with van der Waals surface area (Å²) in [5, 5.41) is 3.57. The first-order chi connectivity index (χ1) is 10.5. The highest BCUT2D eigenvalue weighted by molar-refractivity contribution is 7.91. The fourth-order valence-electron chi connectivity index (χ4n) is 2.11. The third kappa shape index (κ3) is 5.08. The molecular weight excluding hydrogens is 304 g/mol. The van der Waals surface area contributed by atoms with Crippen molar-refractivity contribution in [2.45, 2.75) is 58.0 Å². The van der Waals surface area contributed by atoms with E-state index in [4.69, 9.17) is 0 Å². The van der Waals surface area contributed by atoms with Crippen LogP contribution in [0.4, 0.5) is 4.79 Å². The molecule has 0 aliphatic rings. The van der Waals surface area contributed by atoms with Crippen molar-refractivity contribution < 1.29 is 13.2 Å². The summed E-state index contributed by atoms with van der Waals surface area (Å²) in [7, 11) is -3.49. The average molecular weight is 330 g/mol. The summed E-state index contributed by atoms with van der Waals surface area (Å²) in [5.41, 5.74) is 0. The Morgan fingerprint density at radius 3 is 2.50 bits per heavy atom. The zero-order valence-corrected chi connectivity index (χ0v) is 14.5. The molecule has 0 spiro atoms. The Bertz CT molecular complexity index is 568. The molecule has 8 heteroatoms. The van der Waals surface area contributed by atoms with Crippen LogP contribution in [0.15, 0.2) is 11.5 Å². The highest BCUT2D eigenvalue weighted by Crippen LogP contribution is 2.07. The number of rotatable bonds is 9. The molecule has 0 aliphatic heterocycles. The van der Waals surface area contributed by atoms with E-state index >= 15 is 0 Å². The minimum Gasteiger partial charge on any atom is -0.323 e. The predicted octanol–water partition coefficient (Wildman–Crippen LogP) is 2.33. The van der Waals surface area contributed by atoms with Gasteiger partial charge < -0.3 is 4.90 Å². The normalized spacial score (nSPS) is 11.6. The molecule has 1 aromatic rings. The van der Waals surface area contributed by atoms with Crippen molar-refractivity contribution in [2.24, 2.45) is 0 Å². The lowest BCUT2D eigenvalue weighted by Crippen LogP contribution is -2.35. The van der Waals surface area contributed by atoms with Gasteiger partial charge in [-0.2, -0.15) is 4.68 Å². The molecule has 1 heterocycles. The largest absolute Gasteiger partial charge is 0.346 e. The van der Waals surface area contributed by atoms with E-state index in [9.17, 15) is 13.2 Å². The number of hydrogen-bond donors (Lipinski definition) is 0. The second kappa shape index (κ2) is 8.87. The van der Waals surface area contributed by atoms with Crippen LogP contribution in [0.25, 0.3) is 0 Å². The molecule has 7 nitrogen and oxygen atoms in total. The van der Waals surface area contributed by atoms with Gasteiger partial charge in [-0.05, 0) is 19.8 Å². The third-order valence-electron chi connectivity index (χ3n) is 3.35. The maximum atomic E-state index is 12.3. The summed E-state index contributed by atoms with van der Waals surface area (Å²) < 4.78 is 24.8. The predicted molar refractivity (Wildman–Crippen MR) is 84.5 cm³/mol. The summed E-state index contributed by atoms with van der Waals surface area (Å²) >= 11 is 0. The second-order valence-corrected chi connectivity index (χ2v) is 7.22. The van der Waals surface area contributed by atoms with Gasteiger partial charge in [-0.15, -0.1) is 5.10 Å². The summed E-state index contributed by atoms with van der Waals surface area (Å²) in [6, 6.07) is -0.329. The lowest BCUT2D eigenvalue weighted by atomic mass is 10.2. The van der Waals surface area contributed by atoms with Gasteiger partial charge in [0.1, 0.15) is 6.33 Å². The van der Waals surface area contributed by atoms with Crippen molar-refractivity contribution in [2.75, 3.05) is 18.8 Å². The minimum absolute atomic E-state index is 0.0142. The van der Waals surface area contributed by atoms with Crippen LogP contribution in [0.5, 0.6) is 0 Å². The number of sulfone groups is 1. The van der Waals surface area contributed by atoms with E-state index in [1.165, 1.54) is 6.33 Å². The van der Waals surface area contributed by atoms with Crippen molar-refractivity contribution in [3.8, 4) is 0 Å². The van der Waals surface area contributed by atoms with E-state index in [1.54, 1.807) is 11.8 Å². The van der Waals surface area contributed by atoms with E-state index in [1.807, 2.05) is 6.92 Å². The molecule has 1 aromatic heterocycles. The van der Waals surface area contributed by atoms with Crippen LogP contribution in [-0.2, 0) is 9.84 Å². The first-order valence-corrected chi connectivity index (χ1v) is 9.55. The van der Waals surface area contributed by atoms with E-state index in [0.29, 0.717) is 19.5 Å². The molecule has 0 fully saturated rings. The lowest BCUT2D eigenvalue weighted by molar-refractivity contribution is 0.197. The molecule has 0 unspecified atom stereocenters. The maximum absolute atomic E-state index is 12.3. The molecule has 0 bridgehead atoms. The molecule has 0 radical (unpaired) electrons. The highest BCUT2D eigenvalue weighted by Gasteiger charge is 2.22. The van der Waals surface area contributed by atoms with Crippen LogP contribution < -0.4 is 0 Å². The molecule has 1 amide bonds. The SMILES string of the molecule is CCCCCCN(CC)C(=O)n1cnc(S(=O)(=O)CCC)n1. The molecule has 0 aromatic carbocycles. The third-order valence-corrected chi connectivity index (χ3v) is 5.04. The van der Waals surface area contributed by atoms with Gasteiger partial charge in [-0.3, -0.25) is 0 Å². The van der Waals surface area contributed by atoms with Crippen LogP contribution in [0, 0.1) is 0 Å². The lowest BCUT2D eigenvalue weighted by Gasteiger charge is -2.19. The van der Waals surface area contributed by atoms with Crippen LogP contribution in [0.1, 0.15) is 52.9 Å². The van der Waals surface area contributed by atoms with Gasteiger partial charge in [-0.25, -0.2) is 18.2 Å². The molecule has 0 saturated carbocycles. The zero-order valence-electron chi connectivity index (χ0n) is 13.7. The van der Waals surface area contributed by atoms with Crippen molar-refractivity contribution in [3.63, 3.8) is 0 Å². The number of hydrogen-bond acceptors (Lipinski definition) is 5. The molecule has 1 rings (SSSR count). The van der Waals surface area contributed by atoms with E-state index in [2.05, 4.69) is 17.0 Å². The van der Waals surface area contributed by atoms with E-state index in [0.717, 1.165) is 30.4 Å². The molecule has 22 heavy (non-hydrogen) atoms. The van der Waals surface area contributed by atoms with Gasteiger partial charge in [-0.1, -0.05) is 33.1 Å². The smallest absolute Gasteiger partial charge is 0.323 e. The number of nitrogens with zero attached hydrogens (tertiary/aromatic N) is 4. The quantitative estimate of drug-likeness (QED) is 0.649. The minimum atomic E-state index is -3.49. The monoisotopic (exact) mass is 330 g/mol. The molecule has 126 valence electrons. The fraction of sp³-hybridized carbons (Fsp3) is 0.786. The Balaban J connectivity index is 2.73. The van der Waals surface area contributed by atoms with Gasteiger partial charge >= 0.3 is 6.03 Å². The summed E-state index contributed by atoms with van der Waals surface area (Å²) in [5.74, 6) is -0.0142. The van der Waals surface area contributed by atoms with Gasteiger partial charge in [0.2, 0.25) is 9.84 Å². The first kappa shape index (κ1) is 18.6. The number of unbranched alkanes of at least 4 members (excludes halogenated alkanes) is 3. The Hall–Kier alpha value is -1.44. The number of carbonyl (C=O) groups excluding carboxylic acids is 1. The molecule has 0 N–H and O–H groups in total. The van der Waals surface area contributed by atoms with Crippen molar-refractivity contribution >= 4 is 15.9 Å². The highest BCUT2D eigenvalue weighted by atomic mass is 32.2. The van der Waals surface area contributed by atoms with Crippen molar-refractivity contribution in [1.82, 2.24) is 19.7 Å². The molecule has 0 atom stereocenters. The summed E-state index contributed by atoms with van der Waals surface area (Å²) in [6.45, 7) is 7.00. The number of amides is 1. The number of carbonyl (C=O) groups is 1. The van der Waals surface area contributed by atoms with Crippen LogP contribution in [0.3, 0.4) is 0 Å². The maximum Gasteiger partial charge on any atom is 0.346 e. The molecule has 0 aliphatic carbocycles. The summed E-state index contributed by atoms with van der Waals surface area (Å²) in [4.78, 5) is 17.8. The summed E-state index contributed by atoms with van der Waals surface area (Å²) in [6.07, 6.45) is 5.97. The molecule has 0 saturated heterocycles. The standard InChI is InChI=1S/C14H26N4O3S/c1-4-7-8-9-10-17(6-3)14(19)18-12-15-13(16-18)22(20,21)11-5-2/h12H,4-11H2,1-3H3. The van der Waals surface area contributed by atoms with Gasteiger partial charge in [0, 0.05) is 13.1 Å². The van der Waals surface area contributed by atoms with E-state index < -0.39 is 9.84 Å². The van der Waals surface area contributed by atoms with Crippen molar-refractivity contribution in [1.29, 1.82) is 0 Å². The van der Waals surface area contributed by atoms with Crippen LogP contribution >= 0.6 is 0 Å². The van der Waals surface area contributed by atoms with Gasteiger partial charge in [0.25, 0.3) is 5.16 Å². The zero-order chi connectivity index (χ0) is 16.6. The Kier molecular flexibility index (Phi) is 7.50. The Morgan fingerprint density at radius 2 is 1.91 bits per heavy atom. The molecular formula is C14H26N4O3S. The first-order valence-electron chi connectivity index (χ1n) is 7.89. The Labute approximate surface area is 132 Å². The van der Waals surface area contributed by atoms with Gasteiger partial charge in [0.05, 0.1) is 5.75 Å². The van der Waals surface area contributed by atoms with Gasteiger partial charge in [0.15, 0.2) is 0 Å². The van der Waals surface area contributed by atoms with E-state index in [-0.39, 0.29) is 16.9 Å². The average Bonchev–Trinajstić information content (AvgIpc) is 2.97. The van der Waals surface area contributed by atoms with Crippen molar-refractivity contribution in [3.05, 3.63) is 6.33 Å². The van der Waals surface area contributed by atoms with Crippen LogP contribution in [0.2, 0.25) is 0 Å².